The molecule has 1 heterocycles. The predicted octanol–water partition coefficient (Wildman–Crippen LogP) is 4.37. The summed E-state index contributed by atoms with van der Waals surface area (Å²) < 4.78 is 5.95. The molecule has 8 heteroatoms. The fourth-order valence-electron chi connectivity index (χ4n) is 1.50. The Hall–Kier alpha value is -1.31. The van der Waals surface area contributed by atoms with E-state index >= 15 is 0 Å². The molecule has 22 heavy (non-hydrogen) atoms. The fourth-order valence-corrected chi connectivity index (χ4v) is 3.24. The van der Waals surface area contributed by atoms with E-state index in [2.05, 4.69) is 15.5 Å². The first kappa shape index (κ1) is 17.1. The zero-order valence-electron chi connectivity index (χ0n) is 12.4. The number of carbonyl (C=O) groups excluding carboxylic acids is 1. The molecule has 0 aliphatic carbocycles. The second kappa shape index (κ2) is 7.30. The number of hydrogen-bond donors (Lipinski definition) is 1. The number of rotatable bonds is 5. The predicted molar refractivity (Wildman–Crippen MR) is 91.2 cm³/mol. The van der Waals surface area contributed by atoms with Crippen molar-refractivity contribution >= 4 is 51.5 Å². The van der Waals surface area contributed by atoms with Crippen LogP contribution in [0.3, 0.4) is 0 Å². The van der Waals surface area contributed by atoms with Crippen LogP contribution in [0.5, 0.6) is 0 Å². The Morgan fingerprint density at radius 1 is 1.41 bits per heavy atom. The molecule has 2 rings (SSSR count). The SMILES string of the molecule is CC(C)(C)OC(=O)CSc1nnc(Nc2cccc(Cl)c2)s1. The monoisotopic (exact) mass is 357 g/mol. The van der Waals surface area contributed by atoms with Gasteiger partial charge in [-0.1, -0.05) is 40.8 Å². The number of anilines is 2. The van der Waals surface area contributed by atoms with Crippen molar-refractivity contribution in [1.82, 2.24) is 10.2 Å². The van der Waals surface area contributed by atoms with Gasteiger partial charge in [0.1, 0.15) is 5.60 Å². The lowest BCUT2D eigenvalue weighted by Crippen LogP contribution is -2.24. The second-order valence-electron chi connectivity index (χ2n) is 5.38. The highest BCUT2D eigenvalue weighted by atomic mass is 35.5. The van der Waals surface area contributed by atoms with Gasteiger partial charge < -0.3 is 10.1 Å². The van der Waals surface area contributed by atoms with E-state index in [9.17, 15) is 4.79 Å². The third kappa shape index (κ3) is 5.82. The van der Waals surface area contributed by atoms with E-state index < -0.39 is 5.60 Å². The fraction of sp³-hybridized carbons (Fsp3) is 0.357. The molecule has 0 saturated carbocycles. The minimum absolute atomic E-state index is 0.211. The minimum Gasteiger partial charge on any atom is -0.459 e. The van der Waals surface area contributed by atoms with Crippen LogP contribution in [-0.4, -0.2) is 27.5 Å². The first-order valence-electron chi connectivity index (χ1n) is 6.52. The summed E-state index contributed by atoms with van der Waals surface area (Å²) in [6, 6.07) is 7.34. The number of nitrogens with one attached hydrogen (secondary N) is 1. The van der Waals surface area contributed by atoms with Gasteiger partial charge in [0.2, 0.25) is 5.13 Å². The van der Waals surface area contributed by atoms with Gasteiger partial charge in [-0.05, 0) is 39.0 Å². The summed E-state index contributed by atoms with van der Waals surface area (Å²) in [4.78, 5) is 11.7. The van der Waals surface area contributed by atoms with Crippen molar-refractivity contribution in [2.45, 2.75) is 30.7 Å². The molecule has 1 N–H and O–H groups in total. The van der Waals surface area contributed by atoms with E-state index in [1.54, 1.807) is 12.1 Å². The second-order valence-corrected chi connectivity index (χ2v) is 8.02. The summed E-state index contributed by atoms with van der Waals surface area (Å²) in [5, 5.41) is 12.5. The molecule has 0 fully saturated rings. The Morgan fingerprint density at radius 2 is 2.18 bits per heavy atom. The number of thioether (sulfide) groups is 1. The summed E-state index contributed by atoms with van der Waals surface area (Å²) in [5.74, 6) is -0.0552. The van der Waals surface area contributed by atoms with Crippen LogP contribution in [-0.2, 0) is 9.53 Å². The van der Waals surface area contributed by atoms with E-state index in [1.165, 1.54) is 23.1 Å². The van der Waals surface area contributed by atoms with Crippen molar-refractivity contribution in [3.8, 4) is 0 Å². The highest BCUT2D eigenvalue weighted by Gasteiger charge is 2.17. The van der Waals surface area contributed by atoms with Crippen LogP contribution >= 0.6 is 34.7 Å². The van der Waals surface area contributed by atoms with Crippen LogP contribution in [0.15, 0.2) is 28.6 Å². The molecule has 0 bridgehead atoms. The molecule has 5 nitrogen and oxygen atoms in total. The van der Waals surface area contributed by atoms with E-state index in [0.717, 1.165) is 5.69 Å². The topological polar surface area (TPSA) is 64.1 Å². The lowest BCUT2D eigenvalue weighted by atomic mass is 10.2. The van der Waals surface area contributed by atoms with E-state index in [4.69, 9.17) is 16.3 Å². The van der Waals surface area contributed by atoms with Gasteiger partial charge >= 0.3 is 5.97 Å². The summed E-state index contributed by atoms with van der Waals surface area (Å²) in [6.45, 7) is 5.52. The van der Waals surface area contributed by atoms with Crippen LogP contribution in [0.2, 0.25) is 5.02 Å². The zero-order chi connectivity index (χ0) is 16.2. The maximum Gasteiger partial charge on any atom is 0.316 e. The average Bonchev–Trinajstić information content (AvgIpc) is 2.82. The Morgan fingerprint density at radius 3 is 2.86 bits per heavy atom. The average molecular weight is 358 g/mol. The molecule has 0 radical (unpaired) electrons. The van der Waals surface area contributed by atoms with E-state index in [0.29, 0.717) is 14.5 Å². The van der Waals surface area contributed by atoms with Gasteiger partial charge in [-0.25, -0.2) is 0 Å². The molecule has 2 aromatic rings. The number of carbonyl (C=O) groups is 1. The largest absolute Gasteiger partial charge is 0.459 e. The Balaban J connectivity index is 1.88. The van der Waals surface area contributed by atoms with Gasteiger partial charge in [0, 0.05) is 10.7 Å². The maximum absolute atomic E-state index is 11.7. The number of hydrogen-bond acceptors (Lipinski definition) is 7. The normalized spacial score (nSPS) is 11.3. The number of aromatic nitrogens is 2. The van der Waals surface area contributed by atoms with Gasteiger partial charge in [-0.15, -0.1) is 10.2 Å². The molecular formula is C14H16ClN3O2S2. The third-order valence-electron chi connectivity index (χ3n) is 2.22. The van der Waals surface area contributed by atoms with Crippen LogP contribution in [0.25, 0.3) is 0 Å². The molecule has 0 spiro atoms. The zero-order valence-corrected chi connectivity index (χ0v) is 14.8. The van der Waals surface area contributed by atoms with Crippen molar-refractivity contribution in [3.05, 3.63) is 29.3 Å². The van der Waals surface area contributed by atoms with Gasteiger partial charge in [0.15, 0.2) is 4.34 Å². The Bertz CT molecular complexity index is 656. The molecule has 1 aromatic heterocycles. The molecule has 0 atom stereocenters. The maximum atomic E-state index is 11.7. The third-order valence-corrected chi connectivity index (χ3v) is 4.40. The summed E-state index contributed by atoms with van der Waals surface area (Å²) in [6.07, 6.45) is 0. The number of nitrogens with zero attached hydrogens (tertiary/aromatic N) is 2. The molecular weight excluding hydrogens is 342 g/mol. The highest BCUT2D eigenvalue weighted by molar-refractivity contribution is 8.01. The van der Waals surface area contributed by atoms with E-state index in [1.807, 2.05) is 32.9 Å². The van der Waals surface area contributed by atoms with Crippen LogP contribution < -0.4 is 5.32 Å². The number of esters is 1. The highest BCUT2D eigenvalue weighted by Crippen LogP contribution is 2.28. The van der Waals surface area contributed by atoms with Gasteiger partial charge in [0.25, 0.3) is 0 Å². The van der Waals surface area contributed by atoms with Crippen LogP contribution in [0.4, 0.5) is 10.8 Å². The molecule has 0 saturated heterocycles. The van der Waals surface area contributed by atoms with Crippen molar-refractivity contribution in [3.63, 3.8) is 0 Å². The van der Waals surface area contributed by atoms with Crippen LogP contribution in [0, 0.1) is 0 Å². The lowest BCUT2D eigenvalue weighted by Gasteiger charge is -2.18. The van der Waals surface area contributed by atoms with Crippen molar-refractivity contribution in [1.29, 1.82) is 0 Å². The summed E-state index contributed by atoms with van der Waals surface area (Å²) in [5.41, 5.74) is 0.366. The molecule has 118 valence electrons. The Labute approximate surface area is 142 Å². The summed E-state index contributed by atoms with van der Waals surface area (Å²) >= 11 is 8.61. The first-order valence-corrected chi connectivity index (χ1v) is 8.70. The van der Waals surface area contributed by atoms with Crippen molar-refractivity contribution in [2.75, 3.05) is 11.1 Å². The van der Waals surface area contributed by atoms with Gasteiger partial charge in [0.05, 0.1) is 5.75 Å². The quantitative estimate of drug-likeness (QED) is 0.633. The molecule has 0 amide bonds. The summed E-state index contributed by atoms with van der Waals surface area (Å²) in [7, 11) is 0. The smallest absolute Gasteiger partial charge is 0.316 e. The number of ether oxygens (including phenoxy) is 1. The molecule has 0 aliphatic heterocycles. The minimum atomic E-state index is -0.474. The van der Waals surface area contributed by atoms with Crippen molar-refractivity contribution < 1.29 is 9.53 Å². The van der Waals surface area contributed by atoms with Gasteiger partial charge in [-0.2, -0.15) is 0 Å². The van der Waals surface area contributed by atoms with E-state index in [-0.39, 0.29) is 11.7 Å². The number of benzene rings is 1. The molecule has 1 aromatic carbocycles. The molecule has 0 unspecified atom stereocenters. The van der Waals surface area contributed by atoms with Crippen molar-refractivity contribution in [2.24, 2.45) is 0 Å². The lowest BCUT2D eigenvalue weighted by molar-refractivity contribution is -0.151. The standard InChI is InChI=1S/C14H16ClN3O2S2/c1-14(2,3)20-11(19)8-21-13-18-17-12(22-13)16-10-6-4-5-9(15)7-10/h4-7H,8H2,1-3H3,(H,16,17). The van der Waals surface area contributed by atoms with Crippen LogP contribution in [0.1, 0.15) is 20.8 Å². The Kier molecular flexibility index (Phi) is 5.66. The van der Waals surface area contributed by atoms with Gasteiger partial charge in [-0.3, -0.25) is 4.79 Å². The first-order chi connectivity index (χ1) is 10.3. The number of halogens is 1. The molecule has 0 aliphatic rings.